The van der Waals surface area contributed by atoms with Gasteiger partial charge in [0, 0.05) is 6.07 Å². The Morgan fingerprint density at radius 3 is 2.69 bits per heavy atom. The van der Waals surface area contributed by atoms with E-state index in [1.165, 1.54) is 12.3 Å². The van der Waals surface area contributed by atoms with Crippen LogP contribution in [0, 0.1) is 0 Å². The summed E-state index contributed by atoms with van der Waals surface area (Å²) in [4.78, 5) is 23.8. The standard InChI is InChI=1S/C21H20O5/c1-2-3-4-5-6-10-13-24-20-16-25-18(14-19(20)22)15-26-21(23)17-11-8-7-9-12-17/h2-4,6-12,14,16H,1,5,13,15H2/b4-3-,10-6+. The van der Waals surface area contributed by atoms with E-state index in [1.807, 2.05) is 30.4 Å². The van der Waals surface area contributed by atoms with Crippen LogP contribution in [0.5, 0.6) is 5.75 Å². The summed E-state index contributed by atoms with van der Waals surface area (Å²) in [5, 5.41) is 0. The Morgan fingerprint density at radius 1 is 1.15 bits per heavy atom. The zero-order valence-corrected chi connectivity index (χ0v) is 14.3. The summed E-state index contributed by atoms with van der Waals surface area (Å²) < 4.78 is 15.8. The Kier molecular flexibility index (Phi) is 7.68. The normalized spacial score (nSPS) is 10.9. The van der Waals surface area contributed by atoms with Gasteiger partial charge in [-0.2, -0.15) is 0 Å². The van der Waals surface area contributed by atoms with Crippen molar-refractivity contribution in [2.45, 2.75) is 13.0 Å². The highest BCUT2D eigenvalue weighted by atomic mass is 16.5. The molecule has 0 unspecified atom stereocenters. The minimum absolute atomic E-state index is 0.106. The predicted molar refractivity (Wildman–Crippen MR) is 99.1 cm³/mol. The quantitative estimate of drug-likeness (QED) is 0.387. The lowest BCUT2D eigenvalue weighted by atomic mass is 10.2. The van der Waals surface area contributed by atoms with Crippen molar-refractivity contribution in [3.63, 3.8) is 0 Å². The molecule has 0 aliphatic carbocycles. The number of benzene rings is 1. The van der Waals surface area contributed by atoms with Crippen LogP contribution in [0.1, 0.15) is 22.5 Å². The first-order valence-electron chi connectivity index (χ1n) is 8.10. The third kappa shape index (κ3) is 6.28. The van der Waals surface area contributed by atoms with E-state index >= 15 is 0 Å². The second kappa shape index (κ2) is 10.5. The molecule has 0 bridgehead atoms. The molecule has 0 atom stereocenters. The molecule has 0 amide bonds. The molecular formula is C21H20O5. The fourth-order valence-corrected chi connectivity index (χ4v) is 1.97. The summed E-state index contributed by atoms with van der Waals surface area (Å²) in [5.74, 6) is -0.129. The lowest BCUT2D eigenvalue weighted by Gasteiger charge is -2.05. The van der Waals surface area contributed by atoms with Gasteiger partial charge in [0.15, 0.2) is 0 Å². The molecule has 0 fully saturated rings. The highest BCUT2D eigenvalue weighted by Gasteiger charge is 2.09. The maximum Gasteiger partial charge on any atom is 0.338 e. The van der Waals surface area contributed by atoms with Gasteiger partial charge in [-0.3, -0.25) is 4.79 Å². The van der Waals surface area contributed by atoms with Crippen molar-refractivity contribution in [2.24, 2.45) is 0 Å². The van der Waals surface area contributed by atoms with Crippen LogP contribution in [0.25, 0.3) is 0 Å². The topological polar surface area (TPSA) is 65.7 Å². The number of ether oxygens (including phenoxy) is 2. The molecule has 26 heavy (non-hydrogen) atoms. The number of rotatable bonds is 9. The minimum Gasteiger partial charge on any atom is -0.482 e. The molecule has 0 saturated heterocycles. The van der Waals surface area contributed by atoms with Crippen molar-refractivity contribution in [3.05, 3.63) is 101 Å². The first-order valence-corrected chi connectivity index (χ1v) is 8.10. The van der Waals surface area contributed by atoms with Crippen molar-refractivity contribution in [1.82, 2.24) is 0 Å². The largest absolute Gasteiger partial charge is 0.482 e. The van der Waals surface area contributed by atoms with E-state index in [2.05, 4.69) is 6.58 Å². The molecule has 0 spiro atoms. The summed E-state index contributed by atoms with van der Waals surface area (Å²) in [6.07, 6.45) is 11.2. The zero-order chi connectivity index (χ0) is 18.6. The van der Waals surface area contributed by atoms with Gasteiger partial charge in [0.25, 0.3) is 0 Å². The molecule has 5 heteroatoms. The van der Waals surface area contributed by atoms with E-state index in [-0.39, 0.29) is 30.2 Å². The maximum atomic E-state index is 12.0. The van der Waals surface area contributed by atoms with Gasteiger partial charge in [-0.25, -0.2) is 4.79 Å². The van der Waals surface area contributed by atoms with E-state index in [0.717, 1.165) is 6.42 Å². The smallest absolute Gasteiger partial charge is 0.338 e. The van der Waals surface area contributed by atoms with Crippen molar-refractivity contribution >= 4 is 5.97 Å². The van der Waals surface area contributed by atoms with Crippen LogP contribution in [0.2, 0.25) is 0 Å². The highest BCUT2D eigenvalue weighted by Crippen LogP contribution is 2.09. The molecule has 0 saturated carbocycles. The molecule has 1 aromatic carbocycles. The number of hydrogen-bond donors (Lipinski definition) is 0. The molecule has 2 rings (SSSR count). The van der Waals surface area contributed by atoms with E-state index in [0.29, 0.717) is 5.56 Å². The van der Waals surface area contributed by atoms with E-state index in [1.54, 1.807) is 30.3 Å². The molecule has 2 aromatic rings. The first kappa shape index (κ1) is 19.0. The van der Waals surface area contributed by atoms with Crippen molar-refractivity contribution in [3.8, 4) is 5.75 Å². The van der Waals surface area contributed by atoms with Crippen LogP contribution in [0.3, 0.4) is 0 Å². The summed E-state index contributed by atoms with van der Waals surface area (Å²) >= 11 is 0. The first-order chi connectivity index (χ1) is 12.7. The van der Waals surface area contributed by atoms with Crippen LogP contribution in [0.4, 0.5) is 0 Å². The van der Waals surface area contributed by atoms with Crippen molar-refractivity contribution in [1.29, 1.82) is 0 Å². The molecule has 1 aromatic heterocycles. The van der Waals surface area contributed by atoms with Gasteiger partial charge in [-0.05, 0) is 18.6 Å². The summed E-state index contributed by atoms with van der Waals surface area (Å²) in [6, 6.07) is 9.85. The number of esters is 1. The average molecular weight is 352 g/mol. The van der Waals surface area contributed by atoms with Crippen molar-refractivity contribution < 1.29 is 18.7 Å². The lowest BCUT2D eigenvalue weighted by molar-refractivity contribution is 0.0442. The monoisotopic (exact) mass is 352 g/mol. The fraction of sp³-hybridized carbons (Fsp3) is 0.143. The Bertz CT molecular complexity index is 831. The van der Waals surface area contributed by atoms with E-state index in [9.17, 15) is 9.59 Å². The Morgan fingerprint density at radius 2 is 1.96 bits per heavy atom. The highest BCUT2D eigenvalue weighted by molar-refractivity contribution is 5.89. The maximum absolute atomic E-state index is 12.0. The van der Waals surface area contributed by atoms with Crippen molar-refractivity contribution in [2.75, 3.05) is 6.61 Å². The molecule has 1 heterocycles. The van der Waals surface area contributed by atoms with Crippen LogP contribution in [-0.4, -0.2) is 12.6 Å². The minimum atomic E-state index is -0.482. The Balaban J connectivity index is 1.83. The van der Waals surface area contributed by atoms with Gasteiger partial charge in [0.05, 0.1) is 5.56 Å². The third-order valence-corrected chi connectivity index (χ3v) is 3.25. The number of hydrogen-bond acceptors (Lipinski definition) is 5. The third-order valence-electron chi connectivity index (χ3n) is 3.25. The molecule has 0 N–H and O–H groups in total. The van der Waals surface area contributed by atoms with Gasteiger partial charge in [0.2, 0.25) is 11.2 Å². The van der Waals surface area contributed by atoms with Crippen LogP contribution < -0.4 is 10.2 Å². The van der Waals surface area contributed by atoms with Crippen LogP contribution >= 0.6 is 0 Å². The van der Waals surface area contributed by atoms with E-state index in [4.69, 9.17) is 13.9 Å². The Hall–Kier alpha value is -3.34. The van der Waals surface area contributed by atoms with Gasteiger partial charge in [-0.1, -0.05) is 55.2 Å². The van der Waals surface area contributed by atoms with Gasteiger partial charge >= 0.3 is 5.97 Å². The molecule has 0 aliphatic rings. The Labute approximate surface area is 151 Å². The van der Waals surface area contributed by atoms with Crippen LogP contribution in [-0.2, 0) is 11.3 Å². The summed E-state index contributed by atoms with van der Waals surface area (Å²) in [6.45, 7) is 3.71. The van der Waals surface area contributed by atoms with Gasteiger partial charge in [-0.15, -0.1) is 0 Å². The fourth-order valence-electron chi connectivity index (χ4n) is 1.97. The van der Waals surface area contributed by atoms with E-state index < -0.39 is 5.97 Å². The van der Waals surface area contributed by atoms with Gasteiger partial charge < -0.3 is 13.9 Å². The van der Waals surface area contributed by atoms with Gasteiger partial charge in [0.1, 0.15) is 25.2 Å². The molecule has 0 aliphatic heterocycles. The van der Waals surface area contributed by atoms with Crippen LogP contribution in [0.15, 0.2) is 88.8 Å². The summed E-state index contributed by atoms with van der Waals surface area (Å²) in [5.41, 5.74) is 0.103. The SMILES string of the molecule is C=C/C=C\C/C=C/COc1coc(COC(=O)c2ccccc2)cc1=O. The molecule has 134 valence electrons. The predicted octanol–water partition coefficient (Wildman–Crippen LogP) is 4.06. The number of carbonyl (C=O) groups excluding carboxylic acids is 1. The lowest BCUT2D eigenvalue weighted by Crippen LogP contribution is -2.10. The molecular weight excluding hydrogens is 332 g/mol. The molecule has 5 nitrogen and oxygen atoms in total. The second-order valence-electron chi connectivity index (χ2n) is 5.20. The molecule has 0 radical (unpaired) electrons. The average Bonchev–Trinajstić information content (AvgIpc) is 2.67. The number of allylic oxidation sites excluding steroid dienone is 4. The number of carbonyl (C=O) groups is 1. The summed E-state index contributed by atoms with van der Waals surface area (Å²) in [7, 11) is 0. The zero-order valence-electron chi connectivity index (χ0n) is 14.3. The second-order valence-corrected chi connectivity index (χ2v) is 5.20.